The minimum absolute atomic E-state index is 0.149. The maximum Gasteiger partial charge on any atom is 0.256 e. The first-order valence-corrected chi connectivity index (χ1v) is 10.7. The van der Waals surface area contributed by atoms with Crippen LogP contribution in [0.15, 0.2) is 48.7 Å². The Kier molecular flexibility index (Phi) is 5.05. The number of aromatic nitrogens is 1. The standard InChI is InChI=1S/C24H24N4O4/c1-32-17-5-7-20-15(13-17)8-11-27(20)12-9-22(29)25-16-4-6-19-18(14-16)24(31)28-10-2-3-21(28)23(30)26-19/h4-8,11,13-14,21H,2-3,9-10,12H2,1H3,(H,25,29)(H,26,30)/t21-/m1/s1. The van der Waals surface area contributed by atoms with Crippen molar-refractivity contribution in [2.75, 3.05) is 24.3 Å². The molecule has 0 aliphatic carbocycles. The highest BCUT2D eigenvalue weighted by atomic mass is 16.5. The number of amides is 3. The van der Waals surface area contributed by atoms with Gasteiger partial charge in [0.2, 0.25) is 11.8 Å². The second-order valence-corrected chi connectivity index (χ2v) is 8.14. The number of nitrogens with zero attached hydrogens (tertiary/aromatic N) is 2. The van der Waals surface area contributed by atoms with Gasteiger partial charge in [-0.05, 0) is 55.3 Å². The minimum atomic E-state index is -0.413. The molecule has 0 unspecified atom stereocenters. The molecule has 0 bridgehead atoms. The van der Waals surface area contributed by atoms with Gasteiger partial charge in [0, 0.05) is 42.3 Å². The Balaban J connectivity index is 1.28. The Morgan fingerprint density at radius 3 is 2.91 bits per heavy atom. The SMILES string of the molecule is COc1ccc2c(ccn2CCC(=O)Nc2ccc3c(c2)C(=O)N2CCC[C@@H]2C(=O)N3)c1. The van der Waals surface area contributed by atoms with Crippen molar-refractivity contribution in [2.45, 2.75) is 31.8 Å². The topological polar surface area (TPSA) is 92.7 Å². The Morgan fingerprint density at radius 1 is 1.19 bits per heavy atom. The summed E-state index contributed by atoms with van der Waals surface area (Å²) in [5.41, 5.74) is 2.47. The fourth-order valence-corrected chi connectivity index (χ4v) is 4.51. The summed E-state index contributed by atoms with van der Waals surface area (Å²) >= 11 is 0. The number of hydrogen-bond acceptors (Lipinski definition) is 4. The first-order chi connectivity index (χ1) is 15.5. The molecule has 1 atom stereocenters. The summed E-state index contributed by atoms with van der Waals surface area (Å²) in [5.74, 6) is 0.320. The average Bonchev–Trinajstić information content (AvgIpc) is 3.43. The van der Waals surface area contributed by atoms with Gasteiger partial charge < -0.3 is 24.8 Å². The zero-order valence-electron chi connectivity index (χ0n) is 17.8. The van der Waals surface area contributed by atoms with Gasteiger partial charge in [-0.2, -0.15) is 0 Å². The van der Waals surface area contributed by atoms with E-state index < -0.39 is 6.04 Å². The quantitative estimate of drug-likeness (QED) is 0.647. The van der Waals surface area contributed by atoms with Crippen LogP contribution in [0.4, 0.5) is 11.4 Å². The highest BCUT2D eigenvalue weighted by molar-refractivity contribution is 6.11. The molecule has 1 aromatic heterocycles. The number of carbonyl (C=O) groups is 3. The number of carbonyl (C=O) groups excluding carboxylic acids is 3. The molecule has 2 aliphatic heterocycles. The van der Waals surface area contributed by atoms with Crippen molar-refractivity contribution in [3.8, 4) is 5.75 Å². The van der Waals surface area contributed by atoms with Gasteiger partial charge in [-0.1, -0.05) is 0 Å². The number of aryl methyl sites for hydroxylation is 1. The lowest BCUT2D eigenvalue weighted by Gasteiger charge is -2.20. The highest BCUT2D eigenvalue weighted by Crippen LogP contribution is 2.30. The third-order valence-corrected chi connectivity index (χ3v) is 6.17. The molecule has 164 valence electrons. The molecule has 8 heteroatoms. The molecule has 0 radical (unpaired) electrons. The summed E-state index contributed by atoms with van der Waals surface area (Å²) < 4.78 is 7.28. The zero-order valence-corrected chi connectivity index (χ0v) is 17.8. The van der Waals surface area contributed by atoms with Gasteiger partial charge in [0.15, 0.2) is 0 Å². The van der Waals surface area contributed by atoms with Crippen molar-refractivity contribution in [1.82, 2.24) is 9.47 Å². The average molecular weight is 432 g/mol. The number of benzene rings is 2. The lowest BCUT2D eigenvalue weighted by molar-refractivity contribution is -0.119. The molecule has 2 aliphatic rings. The largest absolute Gasteiger partial charge is 0.497 e. The molecule has 2 N–H and O–H groups in total. The minimum Gasteiger partial charge on any atom is -0.497 e. The van der Waals surface area contributed by atoms with Crippen LogP contribution in [0.25, 0.3) is 10.9 Å². The lowest BCUT2D eigenvalue weighted by Crippen LogP contribution is -2.40. The number of nitrogens with one attached hydrogen (secondary N) is 2. The van der Waals surface area contributed by atoms with Gasteiger partial charge >= 0.3 is 0 Å². The van der Waals surface area contributed by atoms with Crippen molar-refractivity contribution in [3.05, 3.63) is 54.2 Å². The zero-order chi connectivity index (χ0) is 22.2. The summed E-state index contributed by atoms with van der Waals surface area (Å²) in [6.45, 7) is 1.10. The van der Waals surface area contributed by atoms with Crippen LogP contribution in [0.1, 0.15) is 29.6 Å². The van der Waals surface area contributed by atoms with Crippen molar-refractivity contribution in [1.29, 1.82) is 0 Å². The summed E-state index contributed by atoms with van der Waals surface area (Å²) in [7, 11) is 1.63. The van der Waals surface area contributed by atoms with E-state index in [0.29, 0.717) is 36.4 Å². The summed E-state index contributed by atoms with van der Waals surface area (Å²) in [4.78, 5) is 39.6. The molecule has 0 spiro atoms. The van der Waals surface area contributed by atoms with Gasteiger partial charge in [0.25, 0.3) is 5.91 Å². The molecule has 1 fully saturated rings. The van der Waals surface area contributed by atoms with E-state index in [-0.39, 0.29) is 24.1 Å². The predicted molar refractivity (Wildman–Crippen MR) is 121 cm³/mol. The fourth-order valence-electron chi connectivity index (χ4n) is 4.51. The van der Waals surface area contributed by atoms with Gasteiger partial charge in [0.1, 0.15) is 11.8 Å². The maximum atomic E-state index is 13.0. The smallest absolute Gasteiger partial charge is 0.256 e. The van der Waals surface area contributed by atoms with E-state index in [2.05, 4.69) is 10.6 Å². The van der Waals surface area contributed by atoms with Crippen LogP contribution in [-0.2, 0) is 16.1 Å². The van der Waals surface area contributed by atoms with Crippen LogP contribution in [0.2, 0.25) is 0 Å². The summed E-state index contributed by atoms with van der Waals surface area (Å²) in [6.07, 6.45) is 3.73. The van der Waals surface area contributed by atoms with E-state index >= 15 is 0 Å². The van der Waals surface area contributed by atoms with Crippen LogP contribution in [0.5, 0.6) is 5.75 Å². The van der Waals surface area contributed by atoms with E-state index in [1.807, 2.05) is 35.0 Å². The molecule has 2 aromatic carbocycles. The van der Waals surface area contributed by atoms with E-state index in [9.17, 15) is 14.4 Å². The summed E-state index contributed by atoms with van der Waals surface area (Å²) in [6, 6.07) is 12.4. The van der Waals surface area contributed by atoms with Crippen LogP contribution in [0, 0.1) is 0 Å². The Morgan fingerprint density at radius 2 is 2.06 bits per heavy atom. The second-order valence-electron chi connectivity index (χ2n) is 8.14. The van der Waals surface area contributed by atoms with E-state index in [1.165, 1.54) is 0 Å². The fraction of sp³-hybridized carbons (Fsp3) is 0.292. The molecule has 3 heterocycles. The van der Waals surface area contributed by atoms with E-state index in [0.717, 1.165) is 23.1 Å². The molecular weight excluding hydrogens is 408 g/mol. The van der Waals surface area contributed by atoms with Crippen molar-refractivity contribution < 1.29 is 19.1 Å². The Bertz CT molecular complexity index is 1230. The summed E-state index contributed by atoms with van der Waals surface area (Å²) in [5, 5.41) is 6.78. The van der Waals surface area contributed by atoms with Gasteiger partial charge in [-0.25, -0.2) is 0 Å². The molecule has 32 heavy (non-hydrogen) atoms. The molecular formula is C24H24N4O4. The molecule has 1 saturated heterocycles. The molecule has 5 rings (SSSR count). The lowest BCUT2D eigenvalue weighted by atomic mass is 10.1. The first-order valence-electron chi connectivity index (χ1n) is 10.7. The van der Waals surface area contributed by atoms with Gasteiger partial charge in [-0.15, -0.1) is 0 Å². The number of fused-ring (bicyclic) bond motifs is 3. The maximum absolute atomic E-state index is 13.0. The number of methoxy groups -OCH3 is 1. The van der Waals surface area contributed by atoms with Gasteiger partial charge in [0.05, 0.1) is 18.4 Å². The normalized spacial score (nSPS) is 17.5. The third-order valence-electron chi connectivity index (χ3n) is 6.17. The van der Waals surface area contributed by atoms with Crippen LogP contribution < -0.4 is 15.4 Å². The van der Waals surface area contributed by atoms with Gasteiger partial charge in [-0.3, -0.25) is 14.4 Å². The molecule has 0 saturated carbocycles. The van der Waals surface area contributed by atoms with Crippen molar-refractivity contribution in [2.24, 2.45) is 0 Å². The first kappa shape index (κ1) is 20.1. The monoisotopic (exact) mass is 432 g/mol. The van der Waals surface area contributed by atoms with E-state index in [4.69, 9.17) is 4.74 Å². The van der Waals surface area contributed by atoms with Crippen LogP contribution >= 0.6 is 0 Å². The molecule has 3 amide bonds. The third kappa shape index (κ3) is 3.57. The Labute approximate surface area is 185 Å². The molecule has 8 nitrogen and oxygen atoms in total. The number of ether oxygens (including phenoxy) is 1. The molecule has 3 aromatic rings. The van der Waals surface area contributed by atoms with Crippen molar-refractivity contribution >= 4 is 40.0 Å². The second kappa shape index (κ2) is 8.03. The predicted octanol–water partition coefficient (Wildman–Crippen LogP) is 3.24. The van der Waals surface area contributed by atoms with E-state index in [1.54, 1.807) is 30.2 Å². The van der Waals surface area contributed by atoms with Crippen LogP contribution in [0.3, 0.4) is 0 Å². The van der Waals surface area contributed by atoms with Crippen molar-refractivity contribution in [3.63, 3.8) is 0 Å². The number of anilines is 2. The number of rotatable bonds is 5. The van der Waals surface area contributed by atoms with Crippen LogP contribution in [-0.4, -0.2) is 46.9 Å². The number of hydrogen-bond donors (Lipinski definition) is 2. The Hall–Kier alpha value is -3.81. The highest BCUT2D eigenvalue weighted by Gasteiger charge is 2.38.